The molecular weight excluding hydrogens is 396 g/mol. The van der Waals surface area contributed by atoms with Crippen molar-refractivity contribution in [3.05, 3.63) is 64.6 Å². The molecular formula is C21H16N8O2. The standard InChI is InChI=1S/C21H16N8O2/c1-27-9-23-18-16(27)19(30)28(10-24-18)8-14-25-20(26-31-14)21-13-7-29(17(21)15(13)21)12-4-2-3-11(5-12)6-22/h2-5,9-10,13,15,17H,7-8H2,1H3/t13-,15?,17?,21+/m0/s1. The summed E-state index contributed by atoms with van der Waals surface area (Å²) >= 11 is 0. The average Bonchev–Trinajstić information content (AvgIpc) is 3.25. The highest BCUT2D eigenvalue weighted by Gasteiger charge is 2.95. The van der Waals surface area contributed by atoms with E-state index in [0.717, 1.165) is 18.1 Å². The minimum Gasteiger partial charge on any atom is -0.367 e. The molecule has 2 aliphatic carbocycles. The largest absolute Gasteiger partial charge is 0.367 e. The summed E-state index contributed by atoms with van der Waals surface area (Å²) in [7, 11) is 1.76. The summed E-state index contributed by atoms with van der Waals surface area (Å²) in [6.45, 7) is 1.11. The van der Waals surface area contributed by atoms with Crippen LogP contribution >= 0.6 is 0 Å². The molecule has 10 nitrogen and oxygen atoms in total. The summed E-state index contributed by atoms with van der Waals surface area (Å²) in [5.74, 6) is 2.18. The summed E-state index contributed by atoms with van der Waals surface area (Å²) in [5, 5.41) is 13.5. The Balaban J connectivity index is 1.16. The van der Waals surface area contributed by atoms with E-state index in [0.29, 0.717) is 40.5 Å². The Hall–Kier alpha value is -4.00. The van der Waals surface area contributed by atoms with Crippen molar-refractivity contribution in [1.29, 1.82) is 5.26 Å². The number of piperidine rings is 1. The molecule has 8 rings (SSSR count). The van der Waals surface area contributed by atoms with Crippen molar-refractivity contribution < 1.29 is 4.52 Å². The molecule has 0 N–H and O–H groups in total. The van der Waals surface area contributed by atoms with Gasteiger partial charge in [0.15, 0.2) is 17.0 Å². The number of nitriles is 1. The third-order valence-corrected chi connectivity index (χ3v) is 7.11. The fraction of sp³-hybridized carbons (Fsp3) is 0.333. The van der Waals surface area contributed by atoms with Gasteiger partial charge >= 0.3 is 0 Å². The molecule has 0 spiro atoms. The Bertz CT molecular complexity index is 1490. The van der Waals surface area contributed by atoms with Crippen LogP contribution in [0.5, 0.6) is 0 Å². The Kier molecular flexibility index (Phi) is 2.90. The van der Waals surface area contributed by atoms with Gasteiger partial charge in [0.2, 0.25) is 5.89 Å². The molecule has 5 heterocycles. The normalized spacial score (nSPS) is 27.4. The van der Waals surface area contributed by atoms with E-state index < -0.39 is 0 Å². The van der Waals surface area contributed by atoms with E-state index in [9.17, 15) is 10.1 Å². The van der Waals surface area contributed by atoms with Gasteiger partial charge in [-0.2, -0.15) is 10.2 Å². The zero-order valence-corrected chi connectivity index (χ0v) is 16.5. The summed E-state index contributed by atoms with van der Waals surface area (Å²) in [4.78, 5) is 28.1. The number of nitrogens with zero attached hydrogens (tertiary/aromatic N) is 8. The number of benzene rings is 1. The van der Waals surface area contributed by atoms with Crippen LogP contribution in [-0.2, 0) is 19.0 Å². The zero-order valence-electron chi connectivity index (χ0n) is 16.5. The fourth-order valence-electron chi connectivity index (χ4n) is 5.58. The van der Waals surface area contributed by atoms with Crippen molar-refractivity contribution in [1.82, 2.24) is 29.2 Å². The van der Waals surface area contributed by atoms with Crippen molar-refractivity contribution in [2.24, 2.45) is 18.9 Å². The van der Waals surface area contributed by atoms with Crippen LogP contribution < -0.4 is 10.5 Å². The molecule has 4 fully saturated rings. The lowest BCUT2D eigenvalue weighted by Gasteiger charge is -2.18. The minimum atomic E-state index is -0.192. The van der Waals surface area contributed by atoms with Gasteiger partial charge < -0.3 is 14.0 Å². The molecule has 10 heteroatoms. The zero-order chi connectivity index (χ0) is 20.9. The molecule has 4 atom stereocenters. The monoisotopic (exact) mass is 412 g/mol. The number of rotatable bonds is 4. The highest BCUT2D eigenvalue weighted by Crippen LogP contribution is 2.85. The lowest BCUT2D eigenvalue weighted by atomic mass is 10.1. The third kappa shape index (κ3) is 1.98. The summed E-state index contributed by atoms with van der Waals surface area (Å²) < 4.78 is 8.63. The Morgan fingerprint density at radius 1 is 1.32 bits per heavy atom. The van der Waals surface area contributed by atoms with Crippen LogP contribution in [0.2, 0.25) is 0 Å². The Labute approximate surface area is 175 Å². The van der Waals surface area contributed by atoms with Gasteiger partial charge in [-0.05, 0) is 24.1 Å². The third-order valence-electron chi connectivity index (χ3n) is 7.11. The first-order valence-electron chi connectivity index (χ1n) is 10.1. The van der Waals surface area contributed by atoms with Gasteiger partial charge in [-0.1, -0.05) is 11.2 Å². The van der Waals surface area contributed by atoms with Crippen molar-refractivity contribution >= 4 is 16.9 Å². The number of aromatic nitrogens is 6. The Morgan fingerprint density at radius 3 is 3.03 bits per heavy atom. The summed E-state index contributed by atoms with van der Waals surface area (Å²) in [6.07, 6.45) is 3.03. The van der Waals surface area contributed by atoms with Crippen LogP contribution in [0.3, 0.4) is 0 Å². The fourth-order valence-corrected chi connectivity index (χ4v) is 5.58. The molecule has 2 saturated heterocycles. The molecule has 2 bridgehead atoms. The second-order valence-corrected chi connectivity index (χ2v) is 8.54. The van der Waals surface area contributed by atoms with E-state index in [1.165, 1.54) is 10.9 Å². The maximum atomic E-state index is 12.7. The van der Waals surface area contributed by atoms with Gasteiger partial charge in [0.05, 0.1) is 23.4 Å². The molecule has 1 aromatic carbocycles. The van der Waals surface area contributed by atoms with Crippen molar-refractivity contribution in [3.63, 3.8) is 0 Å². The number of aryl methyl sites for hydroxylation is 1. The summed E-state index contributed by atoms with van der Waals surface area (Å²) in [6, 6.07) is 10.3. The van der Waals surface area contributed by atoms with E-state index in [1.54, 1.807) is 17.9 Å². The molecule has 3 aromatic heterocycles. The number of hydrogen-bond acceptors (Lipinski definition) is 8. The van der Waals surface area contributed by atoms with Crippen molar-refractivity contribution in [2.45, 2.75) is 18.0 Å². The lowest BCUT2D eigenvalue weighted by Crippen LogP contribution is -2.23. The Morgan fingerprint density at radius 2 is 2.19 bits per heavy atom. The second-order valence-electron chi connectivity index (χ2n) is 8.54. The second kappa shape index (κ2) is 5.37. The molecule has 2 unspecified atom stereocenters. The molecule has 2 aliphatic heterocycles. The topological polar surface area (TPSA) is 119 Å². The molecule has 4 aliphatic rings. The molecule has 0 radical (unpaired) electrons. The molecule has 2 saturated carbocycles. The molecule has 152 valence electrons. The number of imidazole rings is 1. The van der Waals surface area contributed by atoms with Gasteiger partial charge in [-0.3, -0.25) is 9.36 Å². The van der Waals surface area contributed by atoms with Gasteiger partial charge in [0, 0.05) is 31.2 Å². The minimum absolute atomic E-state index is 0.0421. The predicted octanol–water partition coefficient (Wildman–Crippen LogP) is 0.819. The summed E-state index contributed by atoms with van der Waals surface area (Å²) in [5.41, 5.74) is 2.36. The number of hydrogen-bond donors (Lipinski definition) is 0. The van der Waals surface area contributed by atoms with Gasteiger partial charge in [-0.15, -0.1) is 0 Å². The van der Waals surface area contributed by atoms with Gasteiger partial charge in [0.25, 0.3) is 5.56 Å². The average molecular weight is 412 g/mol. The van der Waals surface area contributed by atoms with E-state index in [2.05, 4.69) is 31.1 Å². The van der Waals surface area contributed by atoms with E-state index in [4.69, 9.17) is 4.52 Å². The predicted molar refractivity (Wildman–Crippen MR) is 107 cm³/mol. The van der Waals surface area contributed by atoms with E-state index in [1.807, 2.05) is 24.3 Å². The number of fused-ring (bicyclic) bond motifs is 2. The van der Waals surface area contributed by atoms with Crippen LogP contribution in [0, 0.1) is 23.2 Å². The van der Waals surface area contributed by atoms with Crippen molar-refractivity contribution in [3.8, 4) is 6.07 Å². The first kappa shape index (κ1) is 16.8. The van der Waals surface area contributed by atoms with Crippen LogP contribution in [0.15, 0.2) is 46.2 Å². The first-order chi connectivity index (χ1) is 15.1. The first-order valence-corrected chi connectivity index (χ1v) is 10.1. The lowest BCUT2D eigenvalue weighted by molar-refractivity contribution is 0.362. The van der Waals surface area contributed by atoms with Gasteiger partial charge in [-0.25, -0.2) is 9.97 Å². The highest BCUT2D eigenvalue weighted by molar-refractivity contribution is 5.69. The maximum absolute atomic E-state index is 12.7. The van der Waals surface area contributed by atoms with Crippen LogP contribution in [-0.4, -0.2) is 41.8 Å². The van der Waals surface area contributed by atoms with Crippen LogP contribution in [0.4, 0.5) is 5.69 Å². The van der Waals surface area contributed by atoms with Gasteiger partial charge in [0.1, 0.15) is 12.9 Å². The van der Waals surface area contributed by atoms with E-state index >= 15 is 0 Å². The highest BCUT2D eigenvalue weighted by atomic mass is 16.5. The maximum Gasteiger partial charge on any atom is 0.280 e. The molecule has 0 amide bonds. The molecule has 31 heavy (non-hydrogen) atoms. The van der Waals surface area contributed by atoms with E-state index in [-0.39, 0.29) is 17.5 Å². The quantitative estimate of drug-likeness (QED) is 0.483. The molecule has 4 aromatic rings. The SMILES string of the molecule is Cn1cnc2ncn(Cc3nc([C@]45C6C4N(c4cccc(C#N)c4)C[C@@H]65)no3)c(=O)c21. The van der Waals surface area contributed by atoms with Crippen LogP contribution in [0.1, 0.15) is 17.3 Å². The number of anilines is 1. The van der Waals surface area contributed by atoms with Crippen molar-refractivity contribution in [2.75, 3.05) is 11.4 Å². The van der Waals surface area contributed by atoms with Crippen LogP contribution in [0.25, 0.3) is 11.2 Å². The smallest absolute Gasteiger partial charge is 0.280 e.